The van der Waals surface area contributed by atoms with Gasteiger partial charge in [-0.05, 0) is 81.8 Å². The first-order valence-electron chi connectivity index (χ1n) is 12.9. The maximum absolute atomic E-state index is 5.71. The second kappa shape index (κ2) is 12.1. The summed E-state index contributed by atoms with van der Waals surface area (Å²) in [5.41, 5.74) is 2.17. The number of ether oxygens (including phenoxy) is 2. The molecule has 4 rings (SSSR count). The van der Waals surface area contributed by atoms with E-state index in [0.717, 1.165) is 60.1 Å². The van der Waals surface area contributed by atoms with Crippen molar-refractivity contribution in [3.8, 4) is 11.5 Å². The molecule has 7 nitrogen and oxygen atoms in total. The Balaban J connectivity index is 1.28. The Kier molecular flexibility index (Phi) is 8.64. The van der Waals surface area contributed by atoms with Crippen molar-refractivity contribution in [1.82, 2.24) is 15.3 Å². The predicted octanol–water partition coefficient (Wildman–Crippen LogP) is 5.25. The quantitative estimate of drug-likeness (QED) is 0.391. The van der Waals surface area contributed by atoms with E-state index in [1.807, 2.05) is 46.1 Å². The number of nitrogens with one attached hydrogen (secondary N) is 2. The fourth-order valence-corrected chi connectivity index (χ4v) is 4.81. The normalized spacial score (nSPS) is 17.8. The SMILES string of the molecule is CCOc1cc(CNCC2CCC(Nc3nc(N(C)C)c4ccccc4n3)CC2)cc(OCC)c1. The van der Waals surface area contributed by atoms with E-state index in [1.54, 1.807) is 0 Å². The fraction of sp³-hybridized carbons (Fsp3) is 0.500. The van der Waals surface area contributed by atoms with Crippen molar-refractivity contribution in [3.63, 3.8) is 0 Å². The van der Waals surface area contributed by atoms with Crippen LogP contribution >= 0.6 is 0 Å². The molecule has 0 unspecified atom stereocenters. The van der Waals surface area contributed by atoms with Gasteiger partial charge in [-0.2, -0.15) is 4.98 Å². The summed E-state index contributed by atoms with van der Waals surface area (Å²) in [5, 5.41) is 8.34. The van der Waals surface area contributed by atoms with Gasteiger partial charge >= 0.3 is 0 Å². The molecule has 188 valence electrons. The first-order chi connectivity index (χ1) is 17.1. The lowest BCUT2D eigenvalue weighted by Crippen LogP contribution is -2.31. The number of hydrogen-bond donors (Lipinski definition) is 2. The molecule has 1 saturated carbocycles. The molecule has 35 heavy (non-hydrogen) atoms. The molecular formula is C28H39N5O2. The molecule has 0 bridgehead atoms. The molecule has 1 aliphatic carbocycles. The minimum atomic E-state index is 0.416. The van der Waals surface area contributed by atoms with Crippen LogP contribution in [0, 0.1) is 5.92 Å². The number of anilines is 2. The van der Waals surface area contributed by atoms with Gasteiger partial charge in [0.25, 0.3) is 0 Å². The van der Waals surface area contributed by atoms with E-state index >= 15 is 0 Å². The highest BCUT2D eigenvalue weighted by Crippen LogP contribution is 2.28. The molecule has 7 heteroatoms. The van der Waals surface area contributed by atoms with Crippen LogP contribution in [0.2, 0.25) is 0 Å². The van der Waals surface area contributed by atoms with Crippen molar-refractivity contribution in [2.75, 3.05) is 44.1 Å². The first kappa shape index (κ1) is 25.0. The molecule has 0 radical (unpaired) electrons. The van der Waals surface area contributed by atoms with Crippen LogP contribution in [0.15, 0.2) is 42.5 Å². The fourth-order valence-electron chi connectivity index (χ4n) is 4.81. The molecule has 1 fully saturated rings. The van der Waals surface area contributed by atoms with Crippen LogP contribution in [0.5, 0.6) is 11.5 Å². The molecule has 0 saturated heterocycles. The lowest BCUT2D eigenvalue weighted by atomic mass is 9.86. The van der Waals surface area contributed by atoms with Crippen LogP contribution in [0.1, 0.15) is 45.1 Å². The van der Waals surface area contributed by atoms with Gasteiger partial charge in [-0.25, -0.2) is 4.98 Å². The number of nitrogens with zero attached hydrogens (tertiary/aromatic N) is 3. The van der Waals surface area contributed by atoms with Crippen LogP contribution in [0.25, 0.3) is 10.9 Å². The number of aromatic nitrogens is 2. The van der Waals surface area contributed by atoms with Crippen LogP contribution in [-0.4, -0.2) is 49.9 Å². The lowest BCUT2D eigenvalue weighted by Gasteiger charge is -2.29. The van der Waals surface area contributed by atoms with Gasteiger partial charge in [0.1, 0.15) is 17.3 Å². The van der Waals surface area contributed by atoms with E-state index < -0.39 is 0 Å². The van der Waals surface area contributed by atoms with Gasteiger partial charge in [-0.1, -0.05) is 12.1 Å². The highest BCUT2D eigenvalue weighted by Gasteiger charge is 2.22. The standard InChI is InChI=1S/C28H39N5O2/c1-5-34-23-15-21(16-24(17-23)35-6-2)19-29-18-20-11-13-22(14-12-20)30-28-31-26-10-8-7-9-25(26)27(32-28)33(3)4/h7-10,15-17,20,22,29H,5-6,11-14,18-19H2,1-4H3,(H,30,31,32). The van der Waals surface area contributed by atoms with E-state index in [0.29, 0.717) is 25.2 Å². The summed E-state index contributed by atoms with van der Waals surface area (Å²) in [4.78, 5) is 11.6. The number of hydrogen-bond acceptors (Lipinski definition) is 7. The van der Waals surface area contributed by atoms with Crippen molar-refractivity contribution in [2.45, 2.75) is 52.1 Å². The summed E-state index contributed by atoms with van der Waals surface area (Å²) >= 11 is 0. The molecular weight excluding hydrogens is 438 g/mol. The third-order valence-corrected chi connectivity index (χ3v) is 6.51. The second-order valence-electron chi connectivity index (χ2n) is 9.45. The van der Waals surface area contributed by atoms with E-state index in [4.69, 9.17) is 19.4 Å². The summed E-state index contributed by atoms with van der Waals surface area (Å²) in [6.45, 7) is 7.15. The van der Waals surface area contributed by atoms with E-state index in [9.17, 15) is 0 Å². The molecule has 2 aromatic carbocycles. The van der Waals surface area contributed by atoms with Gasteiger partial charge < -0.3 is 25.0 Å². The van der Waals surface area contributed by atoms with Gasteiger partial charge in [0.05, 0.1) is 18.7 Å². The Hall–Kier alpha value is -3.06. The predicted molar refractivity (Wildman–Crippen MR) is 144 cm³/mol. The minimum absolute atomic E-state index is 0.416. The number of rotatable bonds is 11. The van der Waals surface area contributed by atoms with Crippen LogP contribution in [-0.2, 0) is 6.54 Å². The van der Waals surface area contributed by atoms with Crippen LogP contribution in [0.4, 0.5) is 11.8 Å². The zero-order valence-electron chi connectivity index (χ0n) is 21.5. The highest BCUT2D eigenvalue weighted by molar-refractivity contribution is 5.90. The van der Waals surface area contributed by atoms with Crippen molar-refractivity contribution < 1.29 is 9.47 Å². The second-order valence-corrected chi connectivity index (χ2v) is 9.45. The van der Waals surface area contributed by atoms with Crippen molar-refractivity contribution >= 4 is 22.7 Å². The average Bonchev–Trinajstić information content (AvgIpc) is 2.85. The monoisotopic (exact) mass is 477 g/mol. The summed E-state index contributed by atoms with van der Waals surface area (Å²) in [6, 6.07) is 14.8. The van der Waals surface area contributed by atoms with Crippen molar-refractivity contribution in [2.24, 2.45) is 5.92 Å². The molecule has 1 aromatic heterocycles. The molecule has 0 spiro atoms. The number of para-hydroxylation sites is 1. The summed E-state index contributed by atoms with van der Waals surface area (Å²) < 4.78 is 11.4. The Morgan fingerprint density at radius 3 is 2.26 bits per heavy atom. The maximum atomic E-state index is 5.71. The molecule has 1 heterocycles. The summed E-state index contributed by atoms with van der Waals surface area (Å²) in [5.74, 6) is 4.11. The summed E-state index contributed by atoms with van der Waals surface area (Å²) in [7, 11) is 4.06. The van der Waals surface area contributed by atoms with Gasteiger partial charge in [0, 0.05) is 38.1 Å². The van der Waals surface area contributed by atoms with Crippen molar-refractivity contribution in [3.05, 3.63) is 48.0 Å². The zero-order chi connectivity index (χ0) is 24.6. The molecule has 2 N–H and O–H groups in total. The Morgan fingerprint density at radius 2 is 1.60 bits per heavy atom. The largest absolute Gasteiger partial charge is 0.494 e. The van der Waals surface area contributed by atoms with Gasteiger partial charge in [-0.3, -0.25) is 0 Å². The van der Waals surface area contributed by atoms with E-state index in [1.165, 1.54) is 18.4 Å². The molecule has 0 aliphatic heterocycles. The Bertz CT molecular complexity index is 1070. The van der Waals surface area contributed by atoms with Crippen LogP contribution < -0.4 is 25.0 Å². The van der Waals surface area contributed by atoms with Crippen LogP contribution in [0.3, 0.4) is 0 Å². The van der Waals surface area contributed by atoms with E-state index in [2.05, 4.69) is 39.8 Å². The Morgan fingerprint density at radius 1 is 0.914 bits per heavy atom. The smallest absolute Gasteiger partial charge is 0.225 e. The lowest BCUT2D eigenvalue weighted by molar-refractivity contribution is 0.319. The van der Waals surface area contributed by atoms with Gasteiger partial charge in [-0.15, -0.1) is 0 Å². The highest BCUT2D eigenvalue weighted by atomic mass is 16.5. The molecule has 3 aromatic rings. The third kappa shape index (κ3) is 6.75. The number of benzene rings is 2. The average molecular weight is 478 g/mol. The molecule has 1 aliphatic rings. The van der Waals surface area contributed by atoms with E-state index in [-0.39, 0.29) is 0 Å². The number of fused-ring (bicyclic) bond motifs is 1. The summed E-state index contributed by atoms with van der Waals surface area (Å²) in [6.07, 6.45) is 4.66. The molecule has 0 amide bonds. The zero-order valence-corrected chi connectivity index (χ0v) is 21.5. The third-order valence-electron chi connectivity index (χ3n) is 6.51. The van der Waals surface area contributed by atoms with Gasteiger partial charge in [0.15, 0.2) is 0 Å². The minimum Gasteiger partial charge on any atom is -0.494 e. The Labute approximate surface area is 209 Å². The van der Waals surface area contributed by atoms with Gasteiger partial charge in [0.2, 0.25) is 5.95 Å². The molecule has 0 atom stereocenters. The first-order valence-corrected chi connectivity index (χ1v) is 12.9. The topological polar surface area (TPSA) is 71.5 Å². The van der Waals surface area contributed by atoms with Crippen molar-refractivity contribution in [1.29, 1.82) is 0 Å². The maximum Gasteiger partial charge on any atom is 0.225 e.